The number of amides is 2. The van der Waals surface area contributed by atoms with Gasteiger partial charge in [-0.05, 0) is 0 Å². The van der Waals surface area contributed by atoms with Gasteiger partial charge in [-0.15, -0.1) is 0 Å². The Bertz CT molecular complexity index is 533. The van der Waals surface area contributed by atoms with Gasteiger partial charge in [0.05, 0.1) is 0 Å². The third-order valence-corrected chi connectivity index (χ3v) is 6.93. The predicted octanol–water partition coefficient (Wildman–Crippen LogP) is 0.789. The van der Waals surface area contributed by atoms with Gasteiger partial charge in [0.15, 0.2) is 0 Å². The second-order valence-electron chi connectivity index (χ2n) is 5.37. The van der Waals surface area contributed by atoms with E-state index in [0.717, 1.165) is 17.3 Å². The van der Waals surface area contributed by atoms with Crippen molar-refractivity contribution < 1.29 is 14.3 Å². The van der Waals surface area contributed by atoms with Gasteiger partial charge in [-0.3, -0.25) is 0 Å². The molecule has 106 valence electrons. The van der Waals surface area contributed by atoms with E-state index in [-0.39, 0.29) is 45.4 Å². The summed E-state index contributed by atoms with van der Waals surface area (Å²) in [5.41, 5.74) is 0. The van der Waals surface area contributed by atoms with Crippen molar-refractivity contribution in [2.24, 2.45) is 0 Å². The van der Waals surface area contributed by atoms with Crippen LogP contribution in [-0.4, -0.2) is 39.0 Å². The molecule has 1 aromatic rings. The maximum atomic E-state index is 12.4. The van der Waals surface area contributed by atoms with Crippen molar-refractivity contribution in [3.8, 4) is 0 Å². The fourth-order valence-corrected chi connectivity index (χ4v) is 5.71. The van der Waals surface area contributed by atoms with E-state index in [1.54, 1.807) is 0 Å². The molecule has 0 bridgehead atoms. The first-order chi connectivity index (χ1) is 9.60. The maximum absolute atomic E-state index is 12.4. The normalized spacial score (nSPS) is 33.5. The Labute approximate surface area is 124 Å². The fraction of sp³-hybridized carbons (Fsp3) is 0.467. The van der Waals surface area contributed by atoms with Crippen molar-refractivity contribution in [1.82, 2.24) is 5.32 Å². The van der Waals surface area contributed by atoms with Crippen LogP contribution in [0, 0.1) is 0 Å². The minimum atomic E-state index is -0.670. The molecular formula is C15H17NO3Se. The van der Waals surface area contributed by atoms with Gasteiger partial charge in [-0.25, -0.2) is 0 Å². The molecule has 1 N–H and O–H groups in total. The molecule has 0 aromatic heterocycles. The summed E-state index contributed by atoms with van der Waals surface area (Å²) >= 11 is -0.112. The number of rotatable bonds is 3. The summed E-state index contributed by atoms with van der Waals surface area (Å²) in [6.07, 6.45) is 2.11. The number of benzene rings is 1. The van der Waals surface area contributed by atoms with Crippen LogP contribution in [0.1, 0.15) is 26.2 Å². The summed E-state index contributed by atoms with van der Waals surface area (Å²) in [5.74, 6) is -0.318. The van der Waals surface area contributed by atoms with E-state index in [9.17, 15) is 9.59 Å². The molecule has 2 fully saturated rings. The Balaban J connectivity index is 1.92. The summed E-state index contributed by atoms with van der Waals surface area (Å²) in [6.45, 7) is 2.03. The SMILES string of the molecule is C[C@@H]1CC[C@H]([C@]2([Se]c3ccccc3)CC(=O)NC2=O)O1. The molecule has 5 heteroatoms. The summed E-state index contributed by atoms with van der Waals surface area (Å²) < 4.78 is 6.40. The number of carbonyl (C=O) groups is 2. The Kier molecular flexibility index (Phi) is 3.67. The van der Waals surface area contributed by atoms with Crippen LogP contribution in [0.15, 0.2) is 30.3 Å². The number of carbonyl (C=O) groups excluding carboxylic acids is 2. The number of nitrogens with one attached hydrogen (secondary N) is 1. The van der Waals surface area contributed by atoms with E-state index in [1.165, 1.54) is 0 Å². The average molecular weight is 338 g/mol. The fourth-order valence-electron chi connectivity index (χ4n) is 2.85. The van der Waals surface area contributed by atoms with Crippen molar-refractivity contribution in [3.63, 3.8) is 0 Å². The van der Waals surface area contributed by atoms with Crippen molar-refractivity contribution in [2.75, 3.05) is 0 Å². The molecule has 2 heterocycles. The zero-order chi connectivity index (χ0) is 14.2. The molecule has 3 rings (SSSR count). The van der Waals surface area contributed by atoms with Crippen molar-refractivity contribution in [2.45, 2.75) is 42.7 Å². The van der Waals surface area contributed by atoms with E-state index >= 15 is 0 Å². The standard InChI is InChI=1S/C15H17NO3Se/c1-10-7-8-12(19-10)15(9-13(17)16-14(15)18)20-11-5-3-2-4-6-11/h2-6,10,12H,7-9H2,1H3,(H,16,17,18)/t10-,12-,15-/m1/s1. The topological polar surface area (TPSA) is 55.4 Å². The minimum absolute atomic E-state index is 0.112. The number of imide groups is 1. The Morgan fingerprint density at radius 3 is 2.55 bits per heavy atom. The molecule has 2 aliphatic heterocycles. The van der Waals surface area contributed by atoms with E-state index in [4.69, 9.17) is 4.74 Å². The average Bonchev–Trinajstić information content (AvgIpc) is 2.96. The molecule has 2 aliphatic rings. The van der Waals surface area contributed by atoms with Gasteiger partial charge in [0.2, 0.25) is 0 Å². The summed E-state index contributed by atoms with van der Waals surface area (Å²) in [5, 5.41) is 2.48. The summed E-state index contributed by atoms with van der Waals surface area (Å²) in [4.78, 5) is 24.1. The van der Waals surface area contributed by atoms with Gasteiger partial charge in [-0.1, -0.05) is 0 Å². The number of hydrogen-bond acceptors (Lipinski definition) is 3. The van der Waals surface area contributed by atoms with Crippen LogP contribution in [0.25, 0.3) is 0 Å². The van der Waals surface area contributed by atoms with Crippen LogP contribution in [0.2, 0.25) is 4.31 Å². The van der Waals surface area contributed by atoms with Crippen LogP contribution in [0.5, 0.6) is 0 Å². The summed E-state index contributed by atoms with van der Waals surface area (Å²) in [6, 6.07) is 9.95. The second kappa shape index (κ2) is 5.32. The first-order valence-electron chi connectivity index (χ1n) is 6.84. The van der Waals surface area contributed by atoms with Gasteiger partial charge in [-0.2, -0.15) is 0 Å². The zero-order valence-corrected chi connectivity index (χ0v) is 13.0. The Morgan fingerprint density at radius 1 is 1.25 bits per heavy atom. The first kappa shape index (κ1) is 13.8. The molecule has 2 amide bonds. The molecule has 2 saturated heterocycles. The van der Waals surface area contributed by atoms with E-state index in [2.05, 4.69) is 5.32 Å². The van der Waals surface area contributed by atoms with Crippen LogP contribution in [0.3, 0.4) is 0 Å². The molecule has 0 radical (unpaired) electrons. The van der Waals surface area contributed by atoms with Crippen molar-refractivity contribution >= 4 is 31.2 Å². The third-order valence-electron chi connectivity index (χ3n) is 3.86. The molecule has 0 saturated carbocycles. The van der Waals surface area contributed by atoms with Gasteiger partial charge < -0.3 is 0 Å². The van der Waals surface area contributed by atoms with Gasteiger partial charge in [0, 0.05) is 0 Å². The number of ether oxygens (including phenoxy) is 1. The molecule has 1 aromatic carbocycles. The Hall–Kier alpha value is -1.16. The monoisotopic (exact) mass is 339 g/mol. The van der Waals surface area contributed by atoms with Gasteiger partial charge >= 0.3 is 124 Å². The van der Waals surface area contributed by atoms with E-state index in [0.29, 0.717) is 0 Å². The predicted molar refractivity (Wildman–Crippen MR) is 75.9 cm³/mol. The summed E-state index contributed by atoms with van der Waals surface area (Å²) in [7, 11) is 0. The molecule has 0 aliphatic carbocycles. The van der Waals surface area contributed by atoms with Gasteiger partial charge in [0.25, 0.3) is 0 Å². The van der Waals surface area contributed by atoms with E-state index < -0.39 is 4.31 Å². The van der Waals surface area contributed by atoms with Gasteiger partial charge in [0.1, 0.15) is 0 Å². The molecular weight excluding hydrogens is 321 g/mol. The quantitative estimate of drug-likeness (QED) is 0.655. The molecule has 3 atom stereocenters. The van der Waals surface area contributed by atoms with Crippen molar-refractivity contribution in [1.29, 1.82) is 0 Å². The van der Waals surface area contributed by atoms with Crippen LogP contribution >= 0.6 is 0 Å². The molecule has 20 heavy (non-hydrogen) atoms. The second-order valence-corrected chi connectivity index (χ2v) is 8.32. The first-order valence-corrected chi connectivity index (χ1v) is 8.55. The number of hydrogen-bond donors (Lipinski definition) is 1. The molecule has 0 unspecified atom stereocenters. The van der Waals surface area contributed by atoms with Crippen LogP contribution in [0.4, 0.5) is 0 Å². The van der Waals surface area contributed by atoms with Crippen LogP contribution in [-0.2, 0) is 14.3 Å². The van der Waals surface area contributed by atoms with Crippen LogP contribution < -0.4 is 9.78 Å². The van der Waals surface area contributed by atoms with E-state index in [1.807, 2.05) is 37.3 Å². The molecule has 4 nitrogen and oxygen atoms in total. The third kappa shape index (κ3) is 2.41. The zero-order valence-electron chi connectivity index (χ0n) is 11.3. The Morgan fingerprint density at radius 2 is 2.00 bits per heavy atom. The van der Waals surface area contributed by atoms with Crippen molar-refractivity contribution in [3.05, 3.63) is 30.3 Å². The molecule has 0 spiro atoms.